The van der Waals surface area contributed by atoms with E-state index in [4.69, 9.17) is 9.47 Å². The molecule has 1 aliphatic heterocycles. The Balaban J connectivity index is 1.68. The summed E-state index contributed by atoms with van der Waals surface area (Å²) in [5.74, 6) is 0.857. The van der Waals surface area contributed by atoms with Gasteiger partial charge in [0.05, 0.1) is 14.2 Å². The molecule has 2 N–H and O–H groups in total. The monoisotopic (exact) mass is 444 g/mol. The summed E-state index contributed by atoms with van der Waals surface area (Å²) in [4.78, 5) is 25.9. The van der Waals surface area contributed by atoms with Gasteiger partial charge < -0.3 is 14.8 Å². The van der Waals surface area contributed by atoms with Crippen LogP contribution in [0.5, 0.6) is 11.5 Å². The van der Waals surface area contributed by atoms with Crippen LogP contribution in [-0.2, 0) is 4.79 Å². The Hall–Kier alpha value is -4.13. The Kier molecular flexibility index (Phi) is 6.40. The summed E-state index contributed by atoms with van der Waals surface area (Å²) in [5, 5.41) is 2.91. The molecule has 1 heterocycles. The van der Waals surface area contributed by atoms with Crippen molar-refractivity contribution in [3.63, 3.8) is 0 Å². The number of methoxy groups -OCH3 is 2. The van der Waals surface area contributed by atoms with Crippen LogP contribution in [0, 0.1) is 6.92 Å². The Morgan fingerprint density at radius 3 is 2.06 bits per heavy atom. The number of hydrazine groups is 1. The van der Waals surface area contributed by atoms with Gasteiger partial charge >= 0.3 is 5.91 Å². The van der Waals surface area contributed by atoms with E-state index in [0.29, 0.717) is 11.3 Å². The fourth-order valence-corrected chi connectivity index (χ4v) is 3.76. The van der Waals surface area contributed by atoms with Crippen molar-refractivity contribution in [1.82, 2.24) is 10.7 Å². The number of rotatable bonds is 6. The molecule has 0 aliphatic carbocycles. The molecule has 7 heteroatoms. The first-order valence-corrected chi connectivity index (χ1v) is 10.6. The predicted octanol–water partition coefficient (Wildman–Crippen LogP) is 3.03. The number of nitrogens with one attached hydrogen (secondary N) is 2. The molecule has 1 fully saturated rings. The maximum Gasteiger partial charge on any atom is 0.304 e. The van der Waals surface area contributed by atoms with E-state index in [2.05, 4.69) is 10.7 Å². The van der Waals surface area contributed by atoms with Gasteiger partial charge in [0.2, 0.25) is 12.3 Å². The number of hydrazone groups is 1. The third kappa shape index (κ3) is 4.87. The third-order valence-corrected chi connectivity index (χ3v) is 5.60. The van der Waals surface area contributed by atoms with E-state index in [9.17, 15) is 9.59 Å². The Bertz CT molecular complexity index is 1170. The molecule has 0 aromatic heterocycles. The smallest absolute Gasteiger partial charge is 0.304 e. The molecule has 168 valence electrons. The summed E-state index contributed by atoms with van der Waals surface area (Å²) in [7, 11) is 3.21. The molecule has 33 heavy (non-hydrogen) atoms. The highest BCUT2D eigenvalue weighted by Crippen LogP contribution is 2.27. The molecule has 0 spiro atoms. The van der Waals surface area contributed by atoms with Crippen LogP contribution in [-0.4, -0.2) is 43.0 Å². The van der Waals surface area contributed by atoms with Gasteiger partial charge in [-0.05, 0) is 67.6 Å². The van der Waals surface area contributed by atoms with Crippen LogP contribution in [0.1, 0.15) is 33.1 Å². The first-order valence-electron chi connectivity index (χ1n) is 10.6. The topological polar surface area (TPSA) is 79.7 Å². The quantitative estimate of drug-likeness (QED) is 0.573. The van der Waals surface area contributed by atoms with Crippen LogP contribution in [0.15, 0.2) is 72.8 Å². The normalized spacial score (nSPS) is 18.6. The van der Waals surface area contributed by atoms with Crippen LogP contribution in [0.4, 0.5) is 0 Å². The highest BCUT2D eigenvalue weighted by atomic mass is 16.5. The molecule has 0 unspecified atom stereocenters. The van der Waals surface area contributed by atoms with Gasteiger partial charge in [0.15, 0.2) is 6.04 Å². The lowest BCUT2D eigenvalue weighted by Gasteiger charge is -2.15. The van der Waals surface area contributed by atoms with Crippen molar-refractivity contribution in [3.8, 4) is 11.5 Å². The average Bonchev–Trinajstić information content (AvgIpc) is 3.14. The second-order valence-electron chi connectivity index (χ2n) is 7.82. The van der Waals surface area contributed by atoms with E-state index < -0.39 is 12.1 Å². The van der Waals surface area contributed by atoms with E-state index in [1.807, 2.05) is 73.8 Å². The molecule has 2 amide bonds. The number of carbonyl (C=O) groups excluding carboxylic acids is 2. The summed E-state index contributed by atoms with van der Waals surface area (Å²) in [6.07, 6.45) is 1.84. The number of aryl methyl sites for hydroxylation is 1. The van der Waals surface area contributed by atoms with Crippen molar-refractivity contribution < 1.29 is 23.7 Å². The lowest BCUT2D eigenvalue weighted by molar-refractivity contribution is -0.596. The molecule has 1 aliphatic rings. The summed E-state index contributed by atoms with van der Waals surface area (Å²) in [5.41, 5.74) is 6.17. The van der Waals surface area contributed by atoms with Crippen LogP contribution in [0.25, 0.3) is 0 Å². The molecular weight excluding hydrogens is 418 g/mol. The summed E-state index contributed by atoms with van der Waals surface area (Å²) in [6.45, 7) is 1.96. The minimum atomic E-state index is -0.790. The number of hydrogen-bond donors (Lipinski definition) is 2. The first kappa shape index (κ1) is 22.1. The SMILES string of the molecule is COc1ccc(/C=[N+]2\NC(=O)[C@@H](NC(=O)c3ccc(C)cc3)[C@@H]2c2ccc(OC)cc2)cc1. The molecule has 0 bridgehead atoms. The molecule has 4 rings (SSSR count). The molecular formula is C26H26N3O4+. The van der Waals surface area contributed by atoms with Gasteiger partial charge in [0.25, 0.3) is 5.91 Å². The fraction of sp³-hybridized carbons (Fsp3) is 0.192. The maximum absolute atomic E-state index is 13.0. The van der Waals surface area contributed by atoms with Crippen molar-refractivity contribution in [1.29, 1.82) is 0 Å². The zero-order valence-electron chi connectivity index (χ0n) is 18.7. The zero-order valence-corrected chi connectivity index (χ0v) is 18.7. The van der Waals surface area contributed by atoms with Crippen molar-refractivity contribution in [2.75, 3.05) is 14.2 Å². The second kappa shape index (κ2) is 9.56. The van der Waals surface area contributed by atoms with Gasteiger partial charge in [-0.2, -0.15) is 0 Å². The molecule has 3 aromatic rings. The zero-order chi connectivity index (χ0) is 23.4. The molecule has 2 atom stereocenters. The van der Waals surface area contributed by atoms with Gasteiger partial charge in [-0.25, -0.2) is 0 Å². The molecule has 1 saturated heterocycles. The lowest BCUT2D eigenvalue weighted by atomic mass is 9.99. The van der Waals surface area contributed by atoms with E-state index in [0.717, 1.165) is 22.4 Å². The maximum atomic E-state index is 13.0. The molecule has 7 nitrogen and oxygen atoms in total. The number of nitrogens with zero attached hydrogens (tertiary/aromatic N) is 1. The first-order chi connectivity index (χ1) is 16.0. The Morgan fingerprint density at radius 1 is 0.909 bits per heavy atom. The number of hydrogen-bond acceptors (Lipinski definition) is 4. The van der Waals surface area contributed by atoms with Crippen LogP contribution in [0.2, 0.25) is 0 Å². The van der Waals surface area contributed by atoms with Crippen molar-refractivity contribution in [2.45, 2.75) is 19.0 Å². The highest BCUT2D eigenvalue weighted by Gasteiger charge is 2.47. The van der Waals surface area contributed by atoms with Crippen molar-refractivity contribution in [3.05, 3.63) is 95.1 Å². The Labute approximate surface area is 192 Å². The predicted molar refractivity (Wildman–Crippen MR) is 125 cm³/mol. The minimum Gasteiger partial charge on any atom is -0.497 e. The van der Waals surface area contributed by atoms with E-state index in [1.54, 1.807) is 31.0 Å². The molecule has 3 aromatic carbocycles. The number of carbonyl (C=O) groups is 2. The van der Waals surface area contributed by atoms with E-state index in [-0.39, 0.29) is 11.8 Å². The van der Waals surface area contributed by atoms with Gasteiger partial charge in [-0.1, -0.05) is 17.7 Å². The Morgan fingerprint density at radius 2 is 1.48 bits per heavy atom. The van der Waals surface area contributed by atoms with Crippen molar-refractivity contribution >= 4 is 18.0 Å². The average molecular weight is 445 g/mol. The van der Waals surface area contributed by atoms with E-state index >= 15 is 0 Å². The standard InChI is InChI=1S/C26H25N3O4/c1-17-4-8-20(9-5-17)25(30)27-23-24(19-10-14-22(33-3)15-11-19)29(28-26(23)31)16-18-6-12-21(32-2)13-7-18/h4-16,23-24H,1-3H3,(H-,27,28,30,31)/p+1/b29-16-/t23-,24-/m0/s1. The summed E-state index contributed by atoms with van der Waals surface area (Å²) < 4.78 is 12.2. The summed E-state index contributed by atoms with van der Waals surface area (Å²) in [6, 6.07) is 20.9. The van der Waals surface area contributed by atoms with Gasteiger partial charge in [-0.15, -0.1) is 10.1 Å². The van der Waals surface area contributed by atoms with Gasteiger partial charge in [0.1, 0.15) is 11.5 Å². The highest BCUT2D eigenvalue weighted by molar-refractivity contribution is 5.98. The second-order valence-corrected chi connectivity index (χ2v) is 7.82. The lowest BCUT2D eigenvalue weighted by Crippen LogP contribution is -2.42. The third-order valence-electron chi connectivity index (χ3n) is 5.60. The molecule has 0 radical (unpaired) electrons. The van der Waals surface area contributed by atoms with E-state index in [1.165, 1.54) is 0 Å². The van der Waals surface area contributed by atoms with Crippen molar-refractivity contribution in [2.24, 2.45) is 0 Å². The van der Waals surface area contributed by atoms with Crippen LogP contribution < -0.4 is 20.2 Å². The number of ether oxygens (including phenoxy) is 2. The summed E-state index contributed by atoms with van der Waals surface area (Å²) >= 11 is 0. The molecule has 0 saturated carbocycles. The number of amides is 2. The van der Waals surface area contributed by atoms with Crippen LogP contribution in [0.3, 0.4) is 0 Å². The largest absolute Gasteiger partial charge is 0.497 e. The number of benzene rings is 3. The van der Waals surface area contributed by atoms with Gasteiger partial charge in [-0.3, -0.25) is 9.59 Å². The fourth-order valence-electron chi connectivity index (χ4n) is 3.76. The van der Waals surface area contributed by atoms with Gasteiger partial charge in [0, 0.05) is 16.7 Å². The van der Waals surface area contributed by atoms with Crippen LogP contribution >= 0.6 is 0 Å². The minimum absolute atomic E-state index is 0.291.